The molecule has 6 N–H and O–H groups in total. The van der Waals surface area contributed by atoms with Crippen molar-refractivity contribution >= 4 is 11.9 Å². The van der Waals surface area contributed by atoms with Gasteiger partial charge in [-0.2, -0.15) is 0 Å². The Balaban J connectivity index is 2.69. The second-order valence-corrected chi connectivity index (χ2v) is 21.1. The number of aliphatic hydroxyl groups is 5. The molecule has 0 saturated carbocycles. The number of carbonyl (C=O) groups excluding carboxylic acids is 2. The van der Waals surface area contributed by atoms with E-state index in [1.54, 1.807) is 6.08 Å². The van der Waals surface area contributed by atoms with Gasteiger partial charge in [-0.05, 0) is 83.5 Å². The van der Waals surface area contributed by atoms with E-state index >= 15 is 0 Å². The molecule has 8 unspecified atom stereocenters. The molecule has 0 aliphatic carbocycles. The number of nitrogens with one attached hydrogen (secondary N) is 1. The highest BCUT2D eigenvalue weighted by Crippen LogP contribution is 2.26. The third kappa shape index (κ3) is 38.8. The van der Waals surface area contributed by atoms with Crippen LogP contribution in [0.25, 0.3) is 0 Å². The van der Waals surface area contributed by atoms with Gasteiger partial charge < -0.3 is 45.1 Å². The third-order valence-electron chi connectivity index (χ3n) is 14.2. The van der Waals surface area contributed by atoms with Crippen molar-refractivity contribution in [1.29, 1.82) is 0 Å². The average molecular weight is 1030 g/mol. The van der Waals surface area contributed by atoms with E-state index in [0.29, 0.717) is 12.8 Å². The fourth-order valence-electron chi connectivity index (χ4n) is 9.32. The fourth-order valence-corrected chi connectivity index (χ4v) is 9.32. The van der Waals surface area contributed by atoms with Crippen molar-refractivity contribution in [3.8, 4) is 0 Å². The smallest absolute Gasteiger partial charge is 0.306 e. The number of hydrogen-bond donors (Lipinski definition) is 6. The van der Waals surface area contributed by atoms with Crippen molar-refractivity contribution in [2.45, 2.75) is 320 Å². The Kier molecular flexibility index (Phi) is 47.4. The molecule has 8 atom stereocenters. The molecule has 73 heavy (non-hydrogen) atoms. The van der Waals surface area contributed by atoms with E-state index in [-0.39, 0.29) is 19.4 Å². The van der Waals surface area contributed by atoms with Crippen LogP contribution in [-0.2, 0) is 23.8 Å². The Bertz CT molecular complexity index is 1370. The number of allylic oxidation sites excluding steroid dienone is 7. The molecular formula is C62H113NO10. The predicted octanol–water partition coefficient (Wildman–Crippen LogP) is 14.1. The topological polar surface area (TPSA) is 175 Å². The van der Waals surface area contributed by atoms with E-state index in [9.17, 15) is 35.1 Å². The molecule has 1 rings (SSSR count). The molecule has 0 radical (unpaired) electrons. The van der Waals surface area contributed by atoms with Crippen molar-refractivity contribution in [1.82, 2.24) is 5.32 Å². The van der Waals surface area contributed by atoms with Crippen LogP contribution in [0, 0.1) is 0 Å². The average Bonchev–Trinajstić information content (AvgIpc) is 3.39. The fraction of sp³-hybridized carbons (Fsp3) is 0.839. The van der Waals surface area contributed by atoms with E-state index < -0.39 is 67.4 Å². The summed E-state index contributed by atoms with van der Waals surface area (Å²) in [5, 5.41) is 56.9. The summed E-state index contributed by atoms with van der Waals surface area (Å²) >= 11 is 0. The summed E-state index contributed by atoms with van der Waals surface area (Å²) in [5.41, 5.74) is 0. The van der Waals surface area contributed by atoms with Gasteiger partial charge in [-0.3, -0.25) is 9.59 Å². The molecule has 1 heterocycles. The van der Waals surface area contributed by atoms with Crippen molar-refractivity contribution in [3.63, 3.8) is 0 Å². The van der Waals surface area contributed by atoms with Crippen LogP contribution >= 0.6 is 0 Å². The van der Waals surface area contributed by atoms with Gasteiger partial charge in [0.1, 0.15) is 24.4 Å². The predicted molar refractivity (Wildman–Crippen MR) is 301 cm³/mol. The van der Waals surface area contributed by atoms with E-state index in [0.717, 1.165) is 89.9 Å². The van der Waals surface area contributed by atoms with Gasteiger partial charge in [-0.1, -0.05) is 230 Å². The van der Waals surface area contributed by atoms with Gasteiger partial charge >= 0.3 is 5.97 Å². The molecule has 11 heteroatoms. The van der Waals surface area contributed by atoms with Crippen LogP contribution in [0.2, 0.25) is 0 Å². The number of unbranched alkanes of at least 4 members (excludes halogenated alkanes) is 31. The molecule has 0 aromatic heterocycles. The van der Waals surface area contributed by atoms with Crippen LogP contribution in [0.4, 0.5) is 0 Å². The number of amides is 1. The lowest BCUT2D eigenvalue weighted by atomic mass is 9.99. The molecule has 1 aliphatic heterocycles. The maximum atomic E-state index is 13.4. The van der Waals surface area contributed by atoms with Crippen LogP contribution in [-0.4, -0.2) is 99.6 Å². The standard InChI is InChI=1S/C62H113NO10/c1-4-7-10-13-16-19-22-24-26-28-30-32-35-38-41-44-47-50-57(67)73-60-59(69)58(68)56(51-64)72-62(60)71-52-53(54(65)48-45-42-39-36-33-21-18-15-12-9-6-3)63-61(70)55(66)49-46-43-40-37-34-31-29-27-25-23-20-17-14-11-8-5-2/h16,19,24-27,45,48,53-56,58-60,62,64-66,68-69H,4-15,17-18,20-23,28-44,46-47,49-52H2,1-3H3,(H,63,70)/b19-16-,26-24-,27-25+,48-45+. The third-order valence-corrected chi connectivity index (χ3v) is 14.2. The molecule has 0 aromatic rings. The number of carbonyl (C=O) groups is 2. The largest absolute Gasteiger partial charge is 0.454 e. The minimum absolute atomic E-state index is 0.114. The van der Waals surface area contributed by atoms with E-state index in [1.165, 1.54) is 135 Å². The Labute approximate surface area is 446 Å². The molecule has 0 bridgehead atoms. The van der Waals surface area contributed by atoms with Crippen LogP contribution in [0.15, 0.2) is 48.6 Å². The van der Waals surface area contributed by atoms with E-state index in [4.69, 9.17) is 14.2 Å². The number of ether oxygens (including phenoxy) is 3. The van der Waals surface area contributed by atoms with Gasteiger partial charge in [0, 0.05) is 6.42 Å². The molecule has 1 amide bonds. The maximum absolute atomic E-state index is 13.4. The molecule has 1 aliphatic rings. The quantitative estimate of drug-likeness (QED) is 0.0195. The molecule has 0 aromatic carbocycles. The van der Waals surface area contributed by atoms with Gasteiger partial charge in [0.2, 0.25) is 5.91 Å². The Morgan fingerprint density at radius 2 is 0.945 bits per heavy atom. The highest BCUT2D eigenvalue weighted by molar-refractivity contribution is 5.80. The first-order chi connectivity index (χ1) is 35.7. The van der Waals surface area contributed by atoms with E-state index in [2.05, 4.69) is 62.5 Å². The van der Waals surface area contributed by atoms with Gasteiger partial charge in [0.25, 0.3) is 0 Å². The number of rotatable bonds is 51. The van der Waals surface area contributed by atoms with Gasteiger partial charge in [-0.25, -0.2) is 0 Å². The second-order valence-electron chi connectivity index (χ2n) is 21.1. The lowest BCUT2D eigenvalue weighted by Gasteiger charge is -2.41. The van der Waals surface area contributed by atoms with E-state index in [1.807, 2.05) is 6.08 Å². The Hall–Kier alpha value is -2.38. The van der Waals surface area contributed by atoms with Crippen molar-refractivity contribution in [3.05, 3.63) is 48.6 Å². The molecule has 11 nitrogen and oxygen atoms in total. The SMILES string of the molecule is CCCCC/C=C\C/C=C\CCCCCCCCCC(=O)OC1C(OCC(NC(=O)C(O)CCCCCCCC/C=C/CCCCCCCC)C(O)/C=C/CCCCCCCCCCC)OC(CO)C(O)C1O. The lowest BCUT2D eigenvalue weighted by Crippen LogP contribution is -2.61. The summed E-state index contributed by atoms with van der Waals surface area (Å²) in [5.74, 6) is -1.20. The zero-order valence-corrected chi connectivity index (χ0v) is 47.0. The molecule has 0 spiro atoms. The normalized spacial score (nSPS) is 19.7. The summed E-state index contributed by atoms with van der Waals surface area (Å²) in [6, 6.07) is -1.03. The lowest BCUT2D eigenvalue weighted by molar-refractivity contribution is -0.305. The monoisotopic (exact) mass is 1030 g/mol. The summed E-state index contributed by atoms with van der Waals surface area (Å²) in [7, 11) is 0. The van der Waals surface area contributed by atoms with Gasteiger partial charge in [0.15, 0.2) is 12.4 Å². The second kappa shape index (κ2) is 50.4. The molecule has 1 saturated heterocycles. The van der Waals surface area contributed by atoms with Crippen LogP contribution in [0.3, 0.4) is 0 Å². The minimum Gasteiger partial charge on any atom is -0.454 e. The highest BCUT2D eigenvalue weighted by atomic mass is 16.7. The number of aliphatic hydroxyl groups excluding tert-OH is 5. The minimum atomic E-state index is -1.62. The number of hydrogen-bond acceptors (Lipinski definition) is 10. The molecule has 426 valence electrons. The first kappa shape index (κ1) is 68.6. The number of esters is 1. The zero-order chi connectivity index (χ0) is 53.3. The first-order valence-corrected chi connectivity index (χ1v) is 30.4. The van der Waals surface area contributed by atoms with Crippen molar-refractivity contribution < 1.29 is 49.3 Å². The van der Waals surface area contributed by atoms with Crippen molar-refractivity contribution in [2.24, 2.45) is 0 Å². The van der Waals surface area contributed by atoms with Gasteiger partial charge in [0.05, 0.1) is 25.4 Å². The van der Waals surface area contributed by atoms with Crippen LogP contribution in [0.1, 0.15) is 271 Å². The Morgan fingerprint density at radius 3 is 1.44 bits per heavy atom. The summed E-state index contributed by atoms with van der Waals surface area (Å²) in [6.07, 6.45) is 50.0. The summed E-state index contributed by atoms with van der Waals surface area (Å²) < 4.78 is 17.6. The molecule has 1 fully saturated rings. The van der Waals surface area contributed by atoms with Crippen molar-refractivity contribution in [2.75, 3.05) is 13.2 Å². The van der Waals surface area contributed by atoms with Crippen LogP contribution < -0.4 is 5.32 Å². The van der Waals surface area contributed by atoms with Gasteiger partial charge in [-0.15, -0.1) is 0 Å². The molecular weight excluding hydrogens is 919 g/mol. The summed E-state index contributed by atoms with van der Waals surface area (Å²) in [4.78, 5) is 26.5. The zero-order valence-electron chi connectivity index (χ0n) is 47.0. The summed E-state index contributed by atoms with van der Waals surface area (Å²) in [6.45, 7) is 5.75. The maximum Gasteiger partial charge on any atom is 0.306 e. The van der Waals surface area contributed by atoms with Crippen LogP contribution in [0.5, 0.6) is 0 Å². The first-order valence-electron chi connectivity index (χ1n) is 30.4. The Morgan fingerprint density at radius 1 is 0.534 bits per heavy atom. The highest BCUT2D eigenvalue weighted by Gasteiger charge is 2.47.